The summed E-state index contributed by atoms with van der Waals surface area (Å²) in [5, 5.41) is 0. The van der Waals surface area contributed by atoms with Crippen LogP contribution in [0, 0.1) is 6.92 Å². The zero-order valence-corrected chi connectivity index (χ0v) is 9.58. The summed E-state index contributed by atoms with van der Waals surface area (Å²) in [5.41, 5.74) is 4.02. The van der Waals surface area contributed by atoms with Crippen LogP contribution in [0.3, 0.4) is 0 Å². The van der Waals surface area contributed by atoms with Crippen molar-refractivity contribution in [1.82, 2.24) is 0 Å². The Bertz CT molecular complexity index is 417. The summed E-state index contributed by atoms with van der Waals surface area (Å²) in [6.07, 6.45) is 1.18. The number of nitrogens with two attached hydrogens (primary N) is 1. The van der Waals surface area contributed by atoms with E-state index >= 15 is 0 Å². The number of rotatable bonds is 2. The molecule has 0 bridgehead atoms. The van der Waals surface area contributed by atoms with Gasteiger partial charge in [0.15, 0.2) is 9.84 Å². The van der Waals surface area contributed by atoms with Crippen LogP contribution in [-0.4, -0.2) is 14.7 Å². The fourth-order valence-corrected chi connectivity index (χ4v) is 1.73. The average molecular weight is 237 g/mol. The molecule has 0 saturated heterocycles. The van der Waals surface area contributed by atoms with E-state index in [1.54, 1.807) is 19.1 Å². The Morgan fingerprint density at radius 1 is 1.36 bits per heavy atom. The van der Waals surface area contributed by atoms with Gasteiger partial charge in [0.2, 0.25) is 0 Å². The smallest absolute Gasteiger partial charge is 0.175 e. The molecule has 1 aromatic carbocycles. The molecule has 4 nitrogen and oxygen atoms in total. The van der Waals surface area contributed by atoms with Gasteiger partial charge in [-0.25, -0.2) is 8.42 Å². The zero-order chi connectivity index (χ0) is 10.1. The standard InChI is InChI=1S/C8H12N2O2S.ClH/c1-6-5-7(13(2,11)12)3-4-8(6)10-9;/h3-5,10H,9H2,1-2H3;1H. The predicted octanol–water partition coefficient (Wildman–Crippen LogP) is 1.11. The predicted molar refractivity (Wildman–Crippen MR) is 59.3 cm³/mol. The number of benzene rings is 1. The molecule has 0 aliphatic heterocycles. The van der Waals surface area contributed by atoms with Crippen LogP contribution in [0.1, 0.15) is 5.56 Å². The molecule has 0 amide bonds. The highest BCUT2D eigenvalue weighted by molar-refractivity contribution is 7.90. The van der Waals surface area contributed by atoms with Crippen LogP contribution in [0.5, 0.6) is 0 Å². The van der Waals surface area contributed by atoms with Crippen molar-refractivity contribution < 1.29 is 8.42 Å². The number of sulfone groups is 1. The average Bonchev–Trinajstić information content (AvgIpc) is 2.02. The monoisotopic (exact) mass is 236 g/mol. The molecule has 0 unspecified atom stereocenters. The largest absolute Gasteiger partial charge is 0.324 e. The summed E-state index contributed by atoms with van der Waals surface area (Å²) >= 11 is 0. The SMILES string of the molecule is Cc1cc(S(C)(=O)=O)ccc1NN.Cl. The maximum Gasteiger partial charge on any atom is 0.175 e. The van der Waals surface area contributed by atoms with E-state index in [0.717, 1.165) is 11.3 Å². The Kier molecular flexibility index (Phi) is 4.38. The van der Waals surface area contributed by atoms with Crippen LogP contribution in [0.25, 0.3) is 0 Å². The molecule has 0 aromatic heterocycles. The molecule has 0 aliphatic rings. The van der Waals surface area contributed by atoms with Gasteiger partial charge < -0.3 is 5.43 Å². The first-order valence-corrected chi connectivity index (χ1v) is 5.61. The fourth-order valence-electron chi connectivity index (χ4n) is 1.03. The lowest BCUT2D eigenvalue weighted by atomic mass is 10.2. The van der Waals surface area contributed by atoms with Gasteiger partial charge in [-0.1, -0.05) is 0 Å². The molecule has 0 saturated carbocycles. The second-order valence-corrected chi connectivity index (χ2v) is 4.91. The van der Waals surface area contributed by atoms with Gasteiger partial charge in [0.05, 0.1) is 10.6 Å². The zero-order valence-electron chi connectivity index (χ0n) is 7.94. The van der Waals surface area contributed by atoms with Gasteiger partial charge in [0, 0.05) is 6.26 Å². The van der Waals surface area contributed by atoms with Crippen molar-refractivity contribution in [2.45, 2.75) is 11.8 Å². The third-order valence-electron chi connectivity index (χ3n) is 1.78. The van der Waals surface area contributed by atoms with E-state index in [4.69, 9.17) is 5.84 Å². The molecule has 0 spiro atoms. The Labute approximate surface area is 89.8 Å². The molecule has 0 fully saturated rings. The lowest BCUT2D eigenvalue weighted by Gasteiger charge is -2.05. The number of hydrazine groups is 1. The highest BCUT2D eigenvalue weighted by Gasteiger charge is 2.07. The van der Waals surface area contributed by atoms with E-state index in [2.05, 4.69) is 5.43 Å². The quantitative estimate of drug-likeness (QED) is 0.596. The molecule has 6 heteroatoms. The van der Waals surface area contributed by atoms with E-state index < -0.39 is 9.84 Å². The van der Waals surface area contributed by atoms with Crippen molar-refractivity contribution in [3.8, 4) is 0 Å². The summed E-state index contributed by atoms with van der Waals surface area (Å²) in [6, 6.07) is 4.76. The van der Waals surface area contributed by atoms with E-state index in [0.29, 0.717) is 4.90 Å². The lowest BCUT2D eigenvalue weighted by molar-refractivity contribution is 0.602. The Morgan fingerprint density at radius 3 is 2.29 bits per heavy atom. The van der Waals surface area contributed by atoms with Gasteiger partial charge >= 0.3 is 0 Å². The van der Waals surface area contributed by atoms with Crippen LogP contribution < -0.4 is 11.3 Å². The second kappa shape index (κ2) is 4.63. The maximum absolute atomic E-state index is 11.1. The van der Waals surface area contributed by atoms with Crippen LogP contribution in [0.4, 0.5) is 5.69 Å². The maximum atomic E-state index is 11.1. The molecule has 0 radical (unpaired) electrons. The van der Waals surface area contributed by atoms with Crippen LogP contribution >= 0.6 is 12.4 Å². The first-order chi connectivity index (χ1) is 5.95. The summed E-state index contributed by atoms with van der Waals surface area (Å²) in [5.74, 6) is 5.21. The fraction of sp³-hybridized carbons (Fsp3) is 0.250. The van der Waals surface area contributed by atoms with Crippen molar-refractivity contribution in [3.05, 3.63) is 23.8 Å². The third kappa shape index (κ3) is 2.87. The van der Waals surface area contributed by atoms with Gasteiger partial charge in [0.25, 0.3) is 0 Å². The Hall–Kier alpha value is -0.780. The van der Waals surface area contributed by atoms with E-state index in [1.807, 2.05) is 0 Å². The highest BCUT2D eigenvalue weighted by Crippen LogP contribution is 2.18. The summed E-state index contributed by atoms with van der Waals surface area (Å²) in [4.78, 5) is 0.309. The van der Waals surface area contributed by atoms with Gasteiger partial charge in [-0.05, 0) is 30.7 Å². The van der Waals surface area contributed by atoms with E-state index in [-0.39, 0.29) is 12.4 Å². The molecule has 14 heavy (non-hydrogen) atoms. The number of nitrogen functional groups attached to an aromatic ring is 1. The normalized spacial score (nSPS) is 10.5. The van der Waals surface area contributed by atoms with Crippen LogP contribution in [-0.2, 0) is 9.84 Å². The molecule has 1 aromatic rings. The molecular formula is C8H13ClN2O2S. The van der Waals surface area contributed by atoms with Gasteiger partial charge in [-0.3, -0.25) is 5.84 Å². The van der Waals surface area contributed by atoms with Crippen LogP contribution in [0.2, 0.25) is 0 Å². The van der Waals surface area contributed by atoms with Crippen molar-refractivity contribution in [2.24, 2.45) is 5.84 Å². The molecule has 0 atom stereocenters. The lowest BCUT2D eigenvalue weighted by Crippen LogP contribution is -2.08. The van der Waals surface area contributed by atoms with E-state index in [9.17, 15) is 8.42 Å². The number of hydrogen-bond acceptors (Lipinski definition) is 4. The van der Waals surface area contributed by atoms with Gasteiger partial charge in [-0.2, -0.15) is 0 Å². The molecule has 1 rings (SSSR count). The van der Waals surface area contributed by atoms with Crippen molar-refractivity contribution in [3.63, 3.8) is 0 Å². The number of halogens is 1. The van der Waals surface area contributed by atoms with Crippen LogP contribution in [0.15, 0.2) is 23.1 Å². The molecule has 0 heterocycles. The minimum atomic E-state index is -3.12. The molecular weight excluding hydrogens is 224 g/mol. The minimum Gasteiger partial charge on any atom is -0.324 e. The Morgan fingerprint density at radius 2 is 1.93 bits per heavy atom. The molecule has 80 valence electrons. The summed E-state index contributed by atoms with van der Waals surface area (Å²) in [6.45, 7) is 1.80. The Balaban J connectivity index is 0.00000169. The summed E-state index contributed by atoms with van der Waals surface area (Å²) in [7, 11) is -3.12. The van der Waals surface area contributed by atoms with Crippen molar-refractivity contribution in [2.75, 3.05) is 11.7 Å². The van der Waals surface area contributed by atoms with Crippen molar-refractivity contribution >= 4 is 27.9 Å². The number of aryl methyl sites for hydroxylation is 1. The number of anilines is 1. The van der Waals surface area contributed by atoms with Gasteiger partial charge in [-0.15, -0.1) is 12.4 Å². The van der Waals surface area contributed by atoms with Crippen molar-refractivity contribution in [1.29, 1.82) is 0 Å². The second-order valence-electron chi connectivity index (χ2n) is 2.89. The molecule has 0 aliphatic carbocycles. The molecule has 3 N–H and O–H groups in total. The third-order valence-corrected chi connectivity index (χ3v) is 2.89. The van der Waals surface area contributed by atoms with Gasteiger partial charge in [0.1, 0.15) is 0 Å². The summed E-state index contributed by atoms with van der Waals surface area (Å²) < 4.78 is 22.3. The number of hydrogen-bond donors (Lipinski definition) is 2. The van der Waals surface area contributed by atoms with E-state index in [1.165, 1.54) is 12.3 Å². The minimum absolute atomic E-state index is 0. The topological polar surface area (TPSA) is 72.2 Å². The number of nitrogens with one attached hydrogen (secondary N) is 1. The first-order valence-electron chi connectivity index (χ1n) is 3.72. The first kappa shape index (κ1) is 13.2. The highest BCUT2D eigenvalue weighted by atomic mass is 35.5.